The van der Waals surface area contributed by atoms with Crippen molar-refractivity contribution in [1.29, 1.82) is 0 Å². The quantitative estimate of drug-likeness (QED) is 0.804. The van der Waals surface area contributed by atoms with E-state index in [-0.39, 0.29) is 0 Å². The van der Waals surface area contributed by atoms with Gasteiger partial charge in [-0.25, -0.2) is 4.98 Å². The molecule has 2 aromatic carbocycles. The Kier molecular flexibility index (Phi) is 3.92. The molecule has 1 aliphatic heterocycles. The number of likely N-dealkylation sites (tertiary alicyclic amines) is 1. The first-order valence-electron chi connectivity index (χ1n) is 8.30. The molecule has 4 rings (SSSR count). The van der Waals surface area contributed by atoms with Gasteiger partial charge in [0.05, 0.1) is 6.33 Å². The van der Waals surface area contributed by atoms with Crippen LogP contribution in [-0.4, -0.2) is 32.6 Å². The third-order valence-electron chi connectivity index (χ3n) is 4.78. The van der Waals surface area contributed by atoms with E-state index in [9.17, 15) is 5.11 Å². The summed E-state index contributed by atoms with van der Waals surface area (Å²) in [5.41, 5.74) is 2.66. The number of hydrogen-bond donors (Lipinski definition) is 1. The first kappa shape index (κ1) is 15.1. The van der Waals surface area contributed by atoms with Crippen LogP contribution in [-0.2, 0) is 12.1 Å². The van der Waals surface area contributed by atoms with E-state index < -0.39 is 5.60 Å². The summed E-state index contributed by atoms with van der Waals surface area (Å²) in [6.45, 7) is 2.45. The average Bonchev–Trinajstić information content (AvgIpc) is 3.28. The van der Waals surface area contributed by atoms with Gasteiger partial charge in [-0.15, -0.1) is 0 Å². The molecule has 0 radical (unpaired) electrons. The minimum Gasteiger partial charge on any atom is -0.384 e. The Morgan fingerprint density at radius 2 is 1.83 bits per heavy atom. The number of nitrogens with zero attached hydrogens (tertiary/aromatic N) is 3. The van der Waals surface area contributed by atoms with E-state index in [4.69, 9.17) is 0 Å². The second kappa shape index (κ2) is 6.23. The Morgan fingerprint density at radius 3 is 2.54 bits per heavy atom. The third kappa shape index (κ3) is 2.98. The van der Waals surface area contributed by atoms with Crippen molar-refractivity contribution in [3.8, 4) is 5.69 Å². The van der Waals surface area contributed by atoms with E-state index in [1.54, 1.807) is 12.5 Å². The predicted molar refractivity (Wildman–Crippen MR) is 93.8 cm³/mol. The van der Waals surface area contributed by atoms with E-state index in [1.807, 2.05) is 41.1 Å². The van der Waals surface area contributed by atoms with E-state index in [2.05, 4.69) is 34.1 Å². The van der Waals surface area contributed by atoms with Crippen molar-refractivity contribution in [2.24, 2.45) is 0 Å². The number of hydrogen-bond acceptors (Lipinski definition) is 3. The number of aliphatic hydroxyl groups is 1. The third-order valence-corrected chi connectivity index (χ3v) is 4.78. The van der Waals surface area contributed by atoms with Crippen molar-refractivity contribution in [3.63, 3.8) is 0 Å². The summed E-state index contributed by atoms with van der Waals surface area (Å²) in [6.07, 6.45) is 6.30. The lowest BCUT2D eigenvalue weighted by Gasteiger charge is -2.24. The molecule has 0 aliphatic carbocycles. The fourth-order valence-electron chi connectivity index (χ4n) is 3.43. The average molecular weight is 319 g/mol. The molecule has 0 spiro atoms. The maximum atomic E-state index is 10.9. The van der Waals surface area contributed by atoms with Crippen molar-refractivity contribution < 1.29 is 5.11 Å². The van der Waals surface area contributed by atoms with Crippen molar-refractivity contribution in [2.75, 3.05) is 13.1 Å². The predicted octanol–water partition coefficient (Wildman–Crippen LogP) is 2.97. The van der Waals surface area contributed by atoms with Crippen LogP contribution >= 0.6 is 0 Å². The van der Waals surface area contributed by atoms with Crippen LogP contribution in [0.25, 0.3) is 5.69 Å². The molecule has 4 nitrogen and oxygen atoms in total. The minimum absolute atomic E-state index is 0.681. The molecule has 1 unspecified atom stereocenters. The van der Waals surface area contributed by atoms with Crippen LogP contribution in [0.15, 0.2) is 73.3 Å². The number of imidazole rings is 1. The van der Waals surface area contributed by atoms with Gasteiger partial charge >= 0.3 is 0 Å². The van der Waals surface area contributed by atoms with Gasteiger partial charge in [0, 0.05) is 37.7 Å². The molecule has 1 fully saturated rings. The van der Waals surface area contributed by atoms with Crippen LogP contribution in [0.3, 0.4) is 0 Å². The molecule has 122 valence electrons. The van der Waals surface area contributed by atoms with Gasteiger partial charge in [-0.05, 0) is 29.7 Å². The summed E-state index contributed by atoms with van der Waals surface area (Å²) in [5, 5.41) is 10.9. The SMILES string of the molecule is OC1(c2ccccc2)CCN(Cc2ccc(-n3ccnc3)cc2)C1. The van der Waals surface area contributed by atoms with Gasteiger partial charge < -0.3 is 9.67 Å². The zero-order valence-corrected chi connectivity index (χ0v) is 13.5. The van der Waals surface area contributed by atoms with Crippen molar-refractivity contribution >= 4 is 0 Å². The summed E-state index contributed by atoms with van der Waals surface area (Å²) in [4.78, 5) is 6.39. The molecule has 1 atom stereocenters. The van der Waals surface area contributed by atoms with Crippen LogP contribution in [0, 0.1) is 0 Å². The highest BCUT2D eigenvalue weighted by molar-refractivity contribution is 5.34. The zero-order valence-electron chi connectivity index (χ0n) is 13.5. The molecule has 0 saturated carbocycles. The first-order chi connectivity index (χ1) is 11.7. The van der Waals surface area contributed by atoms with Gasteiger partial charge in [0.1, 0.15) is 5.60 Å². The lowest BCUT2D eigenvalue weighted by Crippen LogP contribution is -2.30. The first-order valence-corrected chi connectivity index (χ1v) is 8.30. The van der Waals surface area contributed by atoms with Crippen LogP contribution in [0.5, 0.6) is 0 Å². The molecular formula is C20H21N3O. The van der Waals surface area contributed by atoms with Gasteiger partial charge in [-0.1, -0.05) is 42.5 Å². The molecule has 0 amide bonds. The fourth-order valence-corrected chi connectivity index (χ4v) is 3.43. The molecule has 0 bridgehead atoms. The Balaban J connectivity index is 1.43. The van der Waals surface area contributed by atoms with Gasteiger partial charge in [0.15, 0.2) is 0 Å². The van der Waals surface area contributed by atoms with E-state index in [0.717, 1.165) is 30.8 Å². The molecule has 4 heteroatoms. The lowest BCUT2D eigenvalue weighted by atomic mass is 9.93. The highest BCUT2D eigenvalue weighted by atomic mass is 16.3. The van der Waals surface area contributed by atoms with Crippen LogP contribution < -0.4 is 0 Å². The second-order valence-electron chi connectivity index (χ2n) is 6.49. The maximum Gasteiger partial charge on any atom is 0.103 e. The van der Waals surface area contributed by atoms with Gasteiger partial charge in [0.25, 0.3) is 0 Å². The highest BCUT2D eigenvalue weighted by Gasteiger charge is 2.37. The van der Waals surface area contributed by atoms with Crippen LogP contribution in [0.2, 0.25) is 0 Å². The molecule has 2 heterocycles. The molecule has 1 aromatic heterocycles. The summed E-state index contributed by atoms with van der Waals surface area (Å²) in [5.74, 6) is 0. The molecule has 24 heavy (non-hydrogen) atoms. The molecule has 1 saturated heterocycles. The second-order valence-corrected chi connectivity index (χ2v) is 6.49. The highest BCUT2D eigenvalue weighted by Crippen LogP contribution is 2.32. The number of benzene rings is 2. The normalized spacial score (nSPS) is 21.2. The minimum atomic E-state index is -0.724. The van der Waals surface area contributed by atoms with Gasteiger partial charge in [0.2, 0.25) is 0 Å². The fraction of sp³-hybridized carbons (Fsp3) is 0.250. The number of β-amino-alcohol motifs (C(OH)–C–C–N with tert-alkyl or cyclic N) is 1. The van der Waals surface area contributed by atoms with Gasteiger partial charge in [-0.3, -0.25) is 4.90 Å². The maximum absolute atomic E-state index is 10.9. The molecular weight excluding hydrogens is 298 g/mol. The summed E-state index contributed by atoms with van der Waals surface area (Å²) in [6, 6.07) is 18.5. The standard InChI is InChI=1S/C20H21N3O/c24-20(18-4-2-1-3-5-18)10-12-22(15-20)14-17-6-8-19(9-7-17)23-13-11-21-16-23/h1-9,11,13,16,24H,10,12,14-15H2. The lowest BCUT2D eigenvalue weighted by molar-refractivity contribution is 0.0453. The number of rotatable bonds is 4. The zero-order chi connectivity index (χ0) is 16.4. The monoisotopic (exact) mass is 319 g/mol. The van der Waals surface area contributed by atoms with E-state index in [0.29, 0.717) is 6.54 Å². The van der Waals surface area contributed by atoms with Crippen molar-refractivity contribution in [3.05, 3.63) is 84.4 Å². The summed E-state index contributed by atoms with van der Waals surface area (Å²) >= 11 is 0. The summed E-state index contributed by atoms with van der Waals surface area (Å²) in [7, 11) is 0. The van der Waals surface area contributed by atoms with Crippen molar-refractivity contribution in [2.45, 2.75) is 18.6 Å². The van der Waals surface area contributed by atoms with Crippen LogP contribution in [0.1, 0.15) is 17.5 Å². The van der Waals surface area contributed by atoms with Crippen molar-refractivity contribution in [1.82, 2.24) is 14.5 Å². The molecule has 1 aliphatic rings. The van der Waals surface area contributed by atoms with E-state index in [1.165, 1.54) is 5.56 Å². The van der Waals surface area contributed by atoms with Crippen LogP contribution in [0.4, 0.5) is 0 Å². The Labute approximate surface area is 142 Å². The summed E-state index contributed by atoms with van der Waals surface area (Å²) < 4.78 is 1.99. The van der Waals surface area contributed by atoms with Gasteiger partial charge in [-0.2, -0.15) is 0 Å². The molecule has 1 N–H and O–H groups in total. The Morgan fingerprint density at radius 1 is 1.04 bits per heavy atom. The largest absolute Gasteiger partial charge is 0.384 e. The Hall–Kier alpha value is -2.43. The topological polar surface area (TPSA) is 41.3 Å². The molecule has 3 aromatic rings. The Bertz CT molecular complexity index is 784. The number of aromatic nitrogens is 2. The van der Waals surface area contributed by atoms with E-state index >= 15 is 0 Å². The smallest absolute Gasteiger partial charge is 0.103 e.